The molecule has 29 heavy (non-hydrogen) atoms. The maximum Gasteiger partial charge on any atom is 0.290 e. The third-order valence-electron chi connectivity index (χ3n) is 5.46. The van der Waals surface area contributed by atoms with Crippen LogP contribution in [0.4, 0.5) is 14.7 Å². The van der Waals surface area contributed by atoms with Gasteiger partial charge in [0.15, 0.2) is 0 Å². The van der Waals surface area contributed by atoms with Crippen LogP contribution in [-0.4, -0.2) is 49.3 Å². The smallest absolute Gasteiger partial charge is 0.290 e. The van der Waals surface area contributed by atoms with Crippen molar-refractivity contribution in [3.05, 3.63) is 29.5 Å². The number of sulfonamides is 1. The first kappa shape index (κ1) is 19.9. The molecular formula is C18H20F2N4O4S. The van der Waals surface area contributed by atoms with Crippen LogP contribution >= 0.6 is 0 Å². The number of aromatic nitrogens is 2. The van der Waals surface area contributed by atoms with Gasteiger partial charge in [0.2, 0.25) is 16.0 Å². The molecule has 0 radical (unpaired) electrons. The highest BCUT2D eigenvalue weighted by Gasteiger charge is 2.45. The minimum Gasteiger partial charge on any atom is -0.495 e. The van der Waals surface area contributed by atoms with Crippen LogP contribution < -0.4 is 14.8 Å². The summed E-state index contributed by atoms with van der Waals surface area (Å²) >= 11 is 0. The molecule has 2 heterocycles. The number of benzene rings is 1. The number of nitrogens with two attached hydrogens (primary N) is 1. The van der Waals surface area contributed by atoms with Crippen molar-refractivity contribution in [1.29, 1.82) is 0 Å². The van der Waals surface area contributed by atoms with Crippen molar-refractivity contribution >= 4 is 16.0 Å². The Morgan fingerprint density at radius 1 is 1.34 bits per heavy atom. The number of hydrogen-bond donors (Lipinski definition) is 2. The average Bonchev–Trinajstić information content (AvgIpc) is 2.98. The predicted molar refractivity (Wildman–Crippen MR) is 100 cm³/mol. The first-order chi connectivity index (χ1) is 13.5. The molecule has 0 bridgehead atoms. The molecule has 1 aromatic heterocycles. The summed E-state index contributed by atoms with van der Waals surface area (Å²) in [6.45, 7) is 1.98. The van der Waals surface area contributed by atoms with Crippen molar-refractivity contribution in [1.82, 2.24) is 9.97 Å². The molecule has 1 aliphatic heterocycles. The number of β-amino-alcohol motifs (C(OH)–C–C–N with tert-alkyl or cyclic N) is 1. The molecule has 0 amide bonds. The van der Waals surface area contributed by atoms with E-state index in [0.717, 1.165) is 0 Å². The molecule has 1 aliphatic carbocycles. The normalized spacial score (nSPS) is 22.9. The minimum absolute atomic E-state index is 0.0481. The highest BCUT2D eigenvalue weighted by atomic mass is 32.2. The molecule has 3 N–H and O–H groups in total. The molecule has 0 saturated carbocycles. The van der Waals surface area contributed by atoms with E-state index < -0.39 is 28.5 Å². The van der Waals surface area contributed by atoms with Crippen LogP contribution in [-0.2, 0) is 22.4 Å². The molecule has 1 saturated heterocycles. The Morgan fingerprint density at radius 3 is 2.66 bits per heavy atom. The Balaban J connectivity index is 1.91. The Labute approximate surface area is 166 Å². The molecular weight excluding hydrogens is 406 g/mol. The third kappa shape index (κ3) is 3.22. The first-order valence-electron chi connectivity index (χ1n) is 8.98. The zero-order chi connectivity index (χ0) is 21.1. The van der Waals surface area contributed by atoms with E-state index in [1.807, 2.05) is 0 Å². The van der Waals surface area contributed by atoms with Gasteiger partial charge in [-0.2, -0.15) is 8.78 Å². The zero-order valence-electron chi connectivity index (χ0n) is 15.8. The van der Waals surface area contributed by atoms with E-state index in [1.165, 1.54) is 19.2 Å². The number of ether oxygens (including phenoxy) is 1. The molecule has 4 rings (SSSR count). The number of hydrogen-bond acceptors (Lipinski definition) is 7. The fraction of sp³-hybridized carbons (Fsp3) is 0.444. The molecule has 2 aromatic rings. The highest BCUT2D eigenvalue weighted by molar-refractivity contribution is 7.89. The van der Waals surface area contributed by atoms with Crippen molar-refractivity contribution in [2.45, 2.75) is 42.7 Å². The number of methoxy groups -OCH3 is 1. The van der Waals surface area contributed by atoms with E-state index in [-0.39, 0.29) is 52.6 Å². The van der Waals surface area contributed by atoms with Gasteiger partial charge in [-0.1, -0.05) is 0 Å². The van der Waals surface area contributed by atoms with Crippen molar-refractivity contribution in [2.75, 3.05) is 18.6 Å². The van der Waals surface area contributed by atoms with Crippen molar-refractivity contribution < 1.29 is 27.0 Å². The van der Waals surface area contributed by atoms with Gasteiger partial charge in [0, 0.05) is 24.1 Å². The van der Waals surface area contributed by atoms with E-state index in [1.54, 1.807) is 17.9 Å². The van der Waals surface area contributed by atoms with Crippen molar-refractivity contribution in [3.63, 3.8) is 0 Å². The first-order valence-corrected chi connectivity index (χ1v) is 10.5. The fourth-order valence-electron chi connectivity index (χ4n) is 3.68. The Morgan fingerprint density at radius 2 is 2.07 bits per heavy atom. The largest absolute Gasteiger partial charge is 0.495 e. The standard InChI is InChI=1S/C18H20F2N4O4S/c1-9-12(25)8-24(9)17-22-15(11-5-6-18(19,20)16(11)23-17)10-3-4-13(28-2)14(7-10)29(21,26)27/h3-4,7,9,12,25H,5-6,8H2,1-2H3,(H2,21,26,27)/t9-,12+/m0/s1. The number of aliphatic hydroxyl groups is 1. The molecule has 11 heteroatoms. The topological polar surface area (TPSA) is 119 Å². The van der Waals surface area contributed by atoms with Gasteiger partial charge >= 0.3 is 0 Å². The van der Waals surface area contributed by atoms with Gasteiger partial charge in [0.1, 0.15) is 16.3 Å². The summed E-state index contributed by atoms with van der Waals surface area (Å²) in [6, 6.07) is 3.91. The molecule has 1 aromatic carbocycles. The Hall–Kier alpha value is -2.37. The van der Waals surface area contributed by atoms with Gasteiger partial charge < -0.3 is 14.7 Å². The lowest BCUT2D eigenvalue weighted by molar-refractivity contribution is -0.00603. The van der Waals surface area contributed by atoms with Crippen LogP contribution in [0.3, 0.4) is 0 Å². The molecule has 156 valence electrons. The second-order valence-electron chi connectivity index (χ2n) is 7.27. The number of aliphatic hydroxyl groups excluding tert-OH is 1. The summed E-state index contributed by atoms with van der Waals surface area (Å²) in [5, 5.41) is 15.1. The van der Waals surface area contributed by atoms with Crippen molar-refractivity contribution in [2.24, 2.45) is 5.14 Å². The highest BCUT2D eigenvalue weighted by Crippen LogP contribution is 2.45. The summed E-state index contributed by atoms with van der Waals surface area (Å²) in [5.41, 5.74) is 0.460. The molecule has 1 fully saturated rings. The number of fused-ring (bicyclic) bond motifs is 1. The molecule has 2 aliphatic rings. The third-order valence-corrected chi connectivity index (χ3v) is 6.40. The van der Waals surface area contributed by atoms with Crippen LogP contribution in [0.2, 0.25) is 0 Å². The van der Waals surface area contributed by atoms with Gasteiger partial charge in [0.05, 0.1) is 24.9 Å². The summed E-state index contributed by atoms with van der Waals surface area (Å²) in [7, 11) is -2.80. The lowest BCUT2D eigenvalue weighted by atomic mass is 10.0. The van der Waals surface area contributed by atoms with E-state index in [2.05, 4.69) is 9.97 Å². The van der Waals surface area contributed by atoms with Gasteiger partial charge in [-0.05, 0) is 31.5 Å². The maximum absolute atomic E-state index is 14.5. The second-order valence-corrected chi connectivity index (χ2v) is 8.80. The van der Waals surface area contributed by atoms with Crippen LogP contribution in [0.15, 0.2) is 23.1 Å². The van der Waals surface area contributed by atoms with E-state index in [4.69, 9.17) is 9.88 Å². The van der Waals surface area contributed by atoms with Gasteiger partial charge in [-0.3, -0.25) is 0 Å². The number of anilines is 1. The maximum atomic E-state index is 14.5. The molecule has 2 atom stereocenters. The Kier molecular flexibility index (Phi) is 4.52. The molecule has 8 nitrogen and oxygen atoms in total. The minimum atomic E-state index is -4.11. The SMILES string of the molecule is COc1ccc(-c2nc(N3C[C@@H](O)[C@@H]3C)nc3c2CCC3(F)F)cc1S(N)(=O)=O. The lowest BCUT2D eigenvalue weighted by Gasteiger charge is -2.43. The molecule has 0 unspecified atom stereocenters. The monoisotopic (exact) mass is 426 g/mol. The number of alkyl halides is 2. The summed E-state index contributed by atoms with van der Waals surface area (Å²) < 4.78 is 57.9. The second kappa shape index (κ2) is 6.57. The van der Waals surface area contributed by atoms with Crippen LogP contribution in [0.25, 0.3) is 11.3 Å². The number of rotatable bonds is 4. The summed E-state index contributed by atoms with van der Waals surface area (Å²) in [4.78, 5) is 9.92. The van der Waals surface area contributed by atoms with Gasteiger partial charge in [-0.15, -0.1) is 0 Å². The quantitative estimate of drug-likeness (QED) is 0.759. The van der Waals surface area contributed by atoms with E-state index in [9.17, 15) is 22.3 Å². The van der Waals surface area contributed by atoms with Crippen LogP contribution in [0, 0.1) is 0 Å². The van der Waals surface area contributed by atoms with Gasteiger partial charge in [0.25, 0.3) is 5.92 Å². The van der Waals surface area contributed by atoms with Crippen molar-refractivity contribution in [3.8, 4) is 17.0 Å². The summed E-state index contributed by atoms with van der Waals surface area (Å²) in [6.07, 6.45) is -0.928. The lowest BCUT2D eigenvalue weighted by Crippen LogP contribution is -2.59. The van der Waals surface area contributed by atoms with Crippen LogP contribution in [0.5, 0.6) is 5.75 Å². The van der Waals surface area contributed by atoms with E-state index in [0.29, 0.717) is 5.56 Å². The zero-order valence-corrected chi connectivity index (χ0v) is 16.6. The molecule has 0 spiro atoms. The fourth-order valence-corrected chi connectivity index (χ4v) is 4.40. The summed E-state index contributed by atoms with van der Waals surface area (Å²) in [5.74, 6) is -2.98. The number of nitrogens with zero attached hydrogens (tertiary/aromatic N) is 3. The van der Waals surface area contributed by atoms with E-state index >= 15 is 0 Å². The number of halogens is 2. The van der Waals surface area contributed by atoms with Gasteiger partial charge in [-0.25, -0.2) is 23.5 Å². The van der Waals surface area contributed by atoms with Crippen LogP contribution in [0.1, 0.15) is 24.6 Å². The Bertz CT molecular complexity index is 1090. The predicted octanol–water partition coefficient (Wildman–Crippen LogP) is 1.41. The average molecular weight is 426 g/mol. The number of primary sulfonamides is 1.